The lowest BCUT2D eigenvalue weighted by molar-refractivity contribution is -0.0142. The van der Waals surface area contributed by atoms with Crippen molar-refractivity contribution in [1.82, 2.24) is 0 Å². The summed E-state index contributed by atoms with van der Waals surface area (Å²) in [5.41, 5.74) is 0. The number of hydrogen-bond acceptors (Lipinski definition) is 2. The Labute approximate surface area is 96.8 Å². The third-order valence-corrected chi connectivity index (χ3v) is 5.17. The number of aliphatic imine (C=N–C) groups is 1. The number of hydrogen-bond donors (Lipinski definition) is 0. The monoisotopic (exact) mass is 217 g/mol. The summed E-state index contributed by atoms with van der Waals surface area (Å²) in [6, 6.07) is 0. The maximum Gasteiger partial charge on any atom is 0.193 e. The molecule has 4 saturated carbocycles. The van der Waals surface area contributed by atoms with Crippen molar-refractivity contribution in [1.29, 1.82) is 0 Å². The van der Waals surface area contributed by atoms with E-state index >= 15 is 0 Å². The first-order chi connectivity index (χ1) is 7.79. The Balaban J connectivity index is 1.63. The smallest absolute Gasteiger partial charge is 0.193 e. The average molecular weight is 217 g/mol. The molecule has 0 unspecified atom stereocenters. The van der Waals surface area contributed by atoms with Gasteiger partial charge in [0.05, 0.1) is 0 Å². The fourth-order valence-electron chi connectivity index (χ4n) is 4.88. The molecule has 2 heteroatoms. The van der Waals surface area contributed by atoms with Crippen LogP contribution >= 0.6 is 0 Å². The molecular weight excluding hydrogens is 198 g/mol. The summed E-state index contributed by atoms with van der Waals surface area (Å²) >= 11 is 0. The highest BCUT2D eigenvalue weighted by atomic mass is 16.5. The van der Waals surface area contributed by atoms with Crippen molar-refractivity contribution in [2.45, 2.75) is 32.1 Å². The Morgan fingerprint density at radius 3 is 2.12 bits per heavy atom. The molecule has 16 heavy (non-hydrogen) atoms. The van der Waals surface area contributed by atoms with E-state index in [1.54, 1.807) is 0 Å². The molecule has 86 valence electrons. The molecule has 0 aromatic rings. The van der Waals surface area contributed by atoms with E-state index in [-0.39, 0.29) is 0 Å². The Bertz CT molecular complexity index is 343. The topological polar surface area (TPSA) is 21.6 Å². The molecule has 0 aromatic carbocycles. The van der Waals surface area contributed by atoms with E-state index in [0.717, 1.165) is 35.3 Å². The molecule has 0 N–H and O–H groups in total. The van der Waals surface area contributed by atoms with Gasteiger partial charge >= 0.3 is 0 Å². The summed E-state index contributed by atoms with van der Waals surface area (Å²) in [7, 11) is 0. The molecule has 0 amide bonds. The van der Waals surface area contributed by atoms with Crippen molar-refractivity contribution in [3.05, 3.63) is 12.3 Å². The van der Waals surface area contributed by atoms with Crippen LogP contribution in [0, 0.1) is 29.6 Å². The molecule has 1 heterocycles. The maximum absolute atomic E-state index is 5.74. The highest BCUT2D eigenvalue weighted by molar-refractivity contribution is 5.82. The molecule has 5 rings (SSSR count). The molecule has 4 bridgehead atoms. The molecule has 4 fully saturated rings. The van der Waals surface area contributed by atoms with Crippen LogP contribution < -0.4 is 0 Å². The Kier molecular flexibility index (Phi) is 1.80. The minimum atomic E-state index is 0.645. The van der Waals surface area contributed by atoms with Gasteiger partial charge in [0.2, 0.25) is 0 Å². The molecule has 5 aliphatic rings. The van der Waals surface area contributed by atoms with Crippen LogP contribution in [0.4, 0.5) is 0 Å². The normalized spacial score (nSPS) is 49.4. The van der Waals surface area contributed by atoms with E-state index in [1.807, 2.05) is 0 Å². The molecule has 0 spiro atoms. The van der Waals surface area contributed by atoms with Gasteiger partial charge < -0.3 is 4.74 Å². The van der Waals surface area contributed by atoms with Crippen LogP contribution in [0.15, 0.2) is 17.3 Å². The first-order valence-corrected chi connectivity index (χ1v) is 6.69. The minimum absolute atomic E-state index is 0.645. The van der Waals surface area contributed by atoms with E-state index < -0.39 is 0 Å². The van der Waals surface area contributed by atoms with E-state index in [0.29, 0.717) is 12.5 Å². The van der Waals surface area contributed by atoms with Gasteiger partial charge in [-0.25, -0.2) is 4.99 Å². The lowest BCUT2D eigenvalue weighted by atomic mass is 9.52. The van der Waals surface area contributed by atoms with Crippen LogP contribution in [-0.2, 0) is 4.74 Å². The van der Waals surface area contributed by atoms with Crippen molar-refractivity contribution in [2.75, 3.05) is 6.54 Å². The van der Waals surface area contributed by atoms with Gasteiger partial charge in [-0.1, -0.05) is 6.58 Å². The minimum Gasteiger partial charge on any atom is -0.446 e. The van der Waals surface area contributed by atoms with Crippen molar-refractivity contribution in [3.63, 3.8) is 0 Å². The van der Waals surface area contributed by atoms with Gasteiger partial charge in [0.15, 0.2) is 5.90 Å². The van der Waals surface area contributed by atoms with Gasteiger partial charge in [-0.15, -0.1) is 0 Å². The van der Waals surface area contributed by atoms with Crippen LogP contribution in [0.25, 0.3) is 0 Å². The van der Waals surface area contributed by atoms with Gasteiger partial charge in [-0.2, -0.15) is 0 Å². The van der Waals surface area contributed by atoms with Crippen molar-refractivity contribution < 1.29 is 4.74 Å². The highest BCUT2D eigenvalue weighted by Crippen LogP contribution is 2.57. The zero-order valence-corrected chi connectivity index (χ0v) is 9.69. The van der Waals surface area contributed by atoms with Gasteiger partial charge in [0.25, 0.3) is 0 Å². The van der Waals surface area contributed by atoms with E-state index in [1.165, 1.54) is 32.1 Å². The van der Waals surface area contributed by atoms with Gasteiger partial charge in [-0.3, -0.25) is 0 Å². The Morgan fingerprint density at radius 2 is 1.62 bits per heavy atom. The number of nitrogens with zero attached hydrogens (tertiary/aromatic N) is 1. The zero-order valence-electron chi connectivity index (χ0n) is 9.69. The quantitative estimate of drug-likeness (QED) is 0.661. The summed E-state index contributed by atoms with van der Waals surface area (Å²) in [6.07, 6.45) is 7.26. The maximum atomic E-state index is 5.74. The lowest BCUT2D eigenvalue weighted by Crippen LogP contribution is -2.48. The van der Waals surface area contributed by atoms with Crippen LogP contribution in [-0.4, -0.2) is 12.4 Å². The average Bonchev–Trinajstić information content (AvgIpc) is 2.63. The Hall–Kier alpha value is -0.790. The lowest BCUT2D eigenvalue weighted by Gasteiger charge is -2.53. The summed E-state index contributed by atoms with van der Waals surface area (Å²) < 4.78 is 5.74. The first-order valence-electron chi connectivity index (χ1n) is 6.69. The van der Waals surface area contributed by atoms with Crippen LogP contribution in [0.2, 0.25) is 0 Å². The second kappa shape index (κ2) is 3.12. The molecule has 4 aliphatic carbocycles. The van der Waals surface area contributed by atoms with Crippen LogP contribution in [0.1, 0.15) is 32.1 Å². The molecule has 1 aliphatic heterocycles. The van der Waals surface area contributed by atoms with Crippen LogP contribution in [0.3, 0.4) is 0 Å². The van der Waals surface area contributed by atoms with Crippen molar-refractivity contribution in [2.24, 2.45) is 34.6 Å². The third-order valence-electron chi connectivity index (χ3n) is 5.17. The predicted octanol–water partition coefficient (Wildman–Crippen LogP) is 3.00. The molecule has 0 radical (unpaired) electrons. The molecule has 2 nitrogen and oxygen atoms in total. The SMILES string of the molecule is C=C1CN=C(C2C3CC4CC(C3)CC2C4)O1. The van der Waals surface area contributed by atoms with Crippen molar-refractivity contribution >= 4 is 5.90 Å². The van der Waals surface area contributed by atoms with Gasteiger partial charge in [0.1, 0.15) is 12.3 Å². The summed E-state index contributed by atoms with van der Waals surface area (Å²) in [4.78, 5) is 4.56. The van der Waals surface area contributed by atoms with Crippen LogP contribution in [0.5, 0.6) is 0 Å². The van der Waals surface area contributed by atoms with E-state index in [2.05, 4.69) is 11.6 Å². The molecule has 0 atom stereocenters. The second-order valence-corrected chi connectivity index (χ2v) is 6.25. The van der Waals surface area contributed by atoms with Gasteiger partial charge in [-0.05, 0) is 55.8 Å². The number of ether oxygens (including phenoxy) is 1. The zero-order chi connectivity index (χ0) is 10.7. The molecule has 0 aromatic heterocycles. The summed E-state index contributed by atoms with van der Waals surface area (Å²) in [5, 5.41) is 0. The summed E-state index contributed by atoms with van der Waals surface area (Å²) in [6.45, 7) is 4.59. The van der Waals surface area contributed by atoms with E-state index in [4.69, 9.17) is 4.74 Å². The third kappa shape index (κ3) is 1.22. The molecule has 0 saturated heterocycles. The largest absolute Gasteiger partial charge is 0.446 e. The van der Waals surface area contributed by atoms with Gasteiger partial charge in [0, 0.05) is 5.92 Å². The highest BCUT2D eigenvalue weighted by Gasteiger charge is 2.51. The predicted molar refractivity (Wildman–Crippen MR) is 63.1 cm³/mol. The fourth-order valence-corrected chi connectivity index (χ4v) is 4.88. The summed E-state index contributed by atoms with van der Waals surface area (Å²) in [5.74, 6) is 6.35. The second-order valence-electron chi connectivity index (χ2n) is 6.25. The van der Waals surface area contributed by atoms with E-state index in [9.17, 15) is 0 Å². The number of rotatable bonds is 1. The standard InChI is InChI=1S/C14H19NO/c1-8-7-15-14(16-8)13-11-3-9-2-10(5-11)6-12(13)4-9/h9-13H,1-7H2. The fraction of sp³-hybridized carbons (Fsp3) is 0.786. The first kappa shape index (κ1) is 9.26. The molecular formula is C14H19NO. The van der Waals surface area contributed by atoms with Crippen molar-refractivity contribution in [3.8, 4) is 0 Å². The Morgan fingerprint density at radius 1 is 1.00 bits per heavy atom.